The van der Waals surface area contributed by atoms with Crippen LogP contribution in [0.25, 0.3) is 0 Å². The molecule has 4 rings (SSSR count). The topological polar surface area (TPSA) is 200 Å². The number of carbonyl (C=O) groups is 4. The van der Waals surface area contributed by atoms with Crippen molar-refractivity contribution in [2.24, 2.45) is 10.9 Å². The Balaban J connectivity index is 1.50. The van der Waals surface area contributed by atoms with Gasteiger partial charge in [-0.25, -0.2) is 14.6 Å². The lowest BCUT2D eigenvalue weighted by atomic mass is 10.0. The molecule has 13 nitrogen and oxygen atoms in total. The van der Waals surface area contributed by atoms with Crippen LogP contribution in [-0.2, 0) is 24.0 Å². The number of anilines is 1. The summed E-state index contributed by atoms with van der Waals surface area (Å²) in [6, 6.07) is -0.984. The highest BCUT2D eigenvalue weighted by Gasteiger charge is 2.54. The first-order chi connectivity index (χ1) is 15.3. The minimum Gasteiger partial charge on any atom is -0.477 e. The van der Waals surface area contributed by atoms with E-state index in [9.17, 15) is 24.3 Å². The molecule has 32 heavy (non-hydrogen) atoms. The Kier molecular flexibility index (Phi) is 5.92. The lowest BCUT2D eigenvalue weighted by molar-refractivity contribution is -0.150. The normalized spacial score (nSPS) is 22.7. The van der Waals surface area contributed by atoms with Gasteiger partial charge in [-0.2, -0.15) is 0 Å². The molecule has 1 aromatic rings. The Labute approximate surface area is 188 Å². The molecule has 2 aliphatic heterocycles. The number of aromatic nitrogens is 1. The van der Waals surface area contributed by atoms with Gasteiger partial charge in [0.05, 0.1) is 0 Å². The number of nitrogen functional groups attached to an aromatic ring is 1. The maximum atomic E-state index is 12.9. The summed E-state index contributed by atoms with van der Waals surface area (Å²) in [6.07, 6.45) is 0.543. The van der Waals surface area contributed by atoms with E-state index in [1.165, 1.54) is 11.8 Å². The monoisotopic (exact) mass is 482 g/mol. The maximum absolute atomic E-state index is 12.9. The Morgan fingerprint density at radius 1 is 1.38 bits per heavy atom. The van der Waals surface area contributed by atoms with Gasteiger partial charge >= 0.3 is 12.1 Å². The number of fused-ring (bicyclic) bond motifs is 1. The number of oxime groups is 1. The third-order valence-corrected chi connectivity index (χ3v) is 6.74. The zero-order valence-corrected chi connectivity index (χ0v) is 18.0. The fourth-order valence-corrected chi connectivity index (χ4v) is 4.94. The van der Waals surface area contributed by atoms with Crippen molar-refractivity contribution >= 4 is 57.8 Å². The van der Waals surface area contributed by atoms with Gasteiger partial charge in [-0.05, 0) is 12.8 Å². The molecule has 0 spiro atoms. The van der Waals surface area contributed by atoms with Crippen LogP contribution in [0.15, 0.2) is 21.8 Å². The Morgan fingerprint density at radius 2 is 2.12 bits per heavy atom. The standard InChI is InChI=1S/C17H18N6O7S2/c18-16-20-8(5-32-16)9(22-30-7-1-2-7)12(24)21-10-13(25)23-11(15(26)27)6(3-29-17(19)28)4-31-14(10)23/h5,7,10,14H,1-4H2,(H2,18,20)(H2,19,28)(H,21,24)(H,26,27)/b22-9+/t10-,14-/m1/s1. The number of hydrogen-bond acceptors (Lipinski definition) is 11. The van der Waals surface area contributed by atoms with Gasteiger partial charge in [0.25, 0.3) is 11.8 Å². The number of thiazole rings is 1. The van der Waals surface area contributed by atoms with E-state index in [4.69, 9.17) is 16.3 Å². The zero-order valence-electron chi connectivity index (χ0n) is 16.3. The van der Waals surface area contributed by atoms with Crippen molar-refractivity contribution in [2.75, 3.05) is 18.1 Å². The maximum Gasteiger partial charge on any atom is 0.404 e. The molecule has 1 saturated carbocycles. The molecule has 1 saturated heterocycles. The summed E-state index contributed by atoms with van der Waals surface area (Å²) < 4.78 is 4.68. The molecule has 2 atom stereocenters. The second kappa shape index (κ2) is 8.66. The van der Waals surface area contributed by atoms with Gasteiger partial charge in [-0.15, -0.1) is 23.1 Å². The molecular weight excluding hydrogens is 464 g/mol. The van der Waals surface area contributed by atoms with Crippen LogP contribution in [0.1, 0.15) is 18.5 Å². The van der Waals surface area contributed by atoms with Gasteiger partial charge in [-0.3, -0.25) is 14.5 Å². The van der Waals surface area contributed by atoms with Crippen molar-refractivity contribution in [1.82, 2.24) is 15.2 Å². The Bertz CT molecular complexity index is 1050. The first-order valence-electron chi connectivity index (χ1n) is 9.34. The molecule has 0 aromatic carbocycles. The number of nitrogens with one attached hydrogen (secondary N) is 1. The average molecular weight is 483 g/mol. The summed E-state index contributed by atoms with van der Waals surface area (Å²) in [7, 11) is 0. The number of carbonyl (C=O) groups excluding carboxylic acids is 3. The molecule has 15 heteroatoms. The van der Waals surface area contributed by atoms with Gasteiger partial charge in [0.15, 0.2) is 10.8 Å². The van der Waals surface area contributed by atoms with Gasteiger partial charge in [0.1, 0.15) is 35.5 Å². The van der Waals surface area contributed by atoms with E-state index in [-0.39, 0.29) is 46.3 Å². The molecule has 0 bridgehead atoms. The molecule has 170 valence electrons. The van der Waals surface area contributed by atoms with Crippen molar-refractivity contribution in [3.05, 3.63) is 22.3 Å². The van der Waals surface area contributed by atoms with Gasteiger partial charge in [-0.1, -0.05) is 5.16 Å². The zero-order chi connectivity index (χ0) is 23.0. The van der Waals surface area contributed by atoms with Crippen LogP contribution in [0.5, 0.6) is 0 Å². The van der Waals surface area contributed by atoms with Crippen LogP contribution in [-0.4, -0.2) is 74.5 Å². The quantitative estimate of drug-likeness (QED) is 0.211. The van der Waals surface area contributed by atoms with Gasteiger partial charge in [0.2, 0.25) is 0 Å². The first kappa shape index (κ1) is 21.9. The van der Waals surface area contributed by atoms with Gasteiger partial charge < -0.3 is 31.5 Å². The summed E-state index contributed by atoms with van der Waals surface area (Å²) >= 11 is 2.34. The van der Waals surface area contributed by atoms with E-state index in [1.54, 1.807) is 5.38 Å². The number of β-lactam (4-membered cyclic amide) rings is 1. The first-order valence-corrected chi connectivity index (χ1v) is 11.3. The predicted molar refractivity (Wildman–Crippen MR) is 112 cm³/mol. The van der Waals surface area contributed by atoms with Crippen LogP contribution in [0.4, 0.5) is 9.93 Å². The fraction of sp³-hybridized carbons (Fsp3) is 0.412. The van der Waals surface area contributed by atoms with Crippen molar-refractivity contribution in [3.63, 3.8) is 0 Å². The summed E-state index contributed by atoms with van der Waals surface area (Å²) in [6.45, 7) is -0.349. The van der Waals surface area contributed by atoms with Crippen LogP contribution >= 0.6 is 23.1 Å². The molecule has 1 aromatic heterocycles. The molecule has 0 unspecified atom stereocenters. The summed E-state index contributed by atoms with van der Waals surface area (Å²) in [5.74, 6) is -2.50. The van der Waals surface area contributed by atoms with E-state index < -0.39 is 35.3 Å². The molecule has 2 fully saturated rings. The number of ether oxygens (including phenoxy) is 1. The SMILES string of the molecule is NC(=O)OCC1=C(C(=O)O)N2C(=O)[C@@H](NC(=O)/C(=N/OC3CC3)c3csc(N)n3)[C@H]2SC1. The summed E-state index contributed by atoms with van der Waals surface area (Å²) in [4.78, 5) is 58.6. The molecule has 1 aliphatic carbocycles. The minimum absolute atomic E-state index is 0.0622. The Hall–Kier alpha value is -3.33. The van der Waals surface area contributed by atoms with Crippen LogP contribution in [0.3, 0.4) is 0 Å². The van der Waals surface area contributed by atoms with Crippen LogP contribution < -0.4 is 16.8 Å². The lowest BCUT2D eigenvalue weighted by Gasteiger charge is -2.49. The minimum atomic E-state index is -1.35. The number of nitrogens with two attached hydrogens (primary N) is 2. The van der Waals surface area contributed by atoms with Crippen molar-refractivity contribution in [2.45, 2.75) is 30.4 Å². The molecule has 3 amide bonds. The van der Waals surface area contributed by atoms with E-state index in [0.717, 1.165) is 29.1 Å². The van der Waals surface area contributed by atoms with Crippen molar-refractivity contribution in [3.8, 4) is 0 Å². The second-order valence-corrected chi connectivity index (χ2v) is 9.04. The fourth-order valence-electron chi connectivity index (χ4n) is 3.06. The molecule has 3 heterocycles. The highest BCUT2D eigenvalue weighted by Crippen LogP contribution is 2.40. The summed E-state index contributed by atoms with van der Waals surface area (Å²) in [5, 5.41) is 17.2. The molecule has 6 N–H and O–H groups in total. The number of primary amides is 1. The summed E-state index contributed by atoms with van der Waals surface area (Å²) in [5.41, 5.74) is 10.6. The third kappa shape index (κ3) is 4.34. The number of nitrogens with zero attached hydrogens (tertiary/aromatic N) is 3. The number of rotatable bonds is 8. The Morgan fingerprint density at radius 3 is 2.72 bits per heavy atom. The highest BCUT2D eigenvalue weighted by atomic mass is 32.2. The number of aliphatic carboxylic acids is 1. The van der Waals surface area contributed by atoms with Crippen molar-refractivity contribution in [1.29, 1.82) is 0 Å². The smallest absolute Gasteiger partial charge is 0.404 e. The van der Waals surface area contributed by atoms with Crippen LogP contribution in [0.2, 0.25) is 0 Å². The number of amides is 3. The average Bonchev–Trinajstić information content (AvgIpc) is 3.48. The second-order valence-electron chi connectivity index (χ2n) is 7.04. The van der Waals surface area contributed by atoms with E-state index in [2.05, 4.69) is 20.2 Å². The molecule has 0 radical (unpaired) electrons. The number of hydrogen-bond donors (Lipinski definition) is 4. The predicted octanol–water partition coefficient (Wildman–Crippen LogP) is -0.558. The number of carboxylic acid groups (broad SMARTS) is 1. The number of carboxylic acids is 1. The van der Waals surface area contributed by atoms with E-state index in [0.29, 0.717) is 0 Å². The van der Waals surface area contributed by atoms with E-state index >= 15 is 0 Å². The van der Waals surface area contributed by atoms with Crippen LogP contribution in [0, 0.1) is 0 Å². The largest absolute Gasteiger partial charge is 0.477 e. The third-order valence-electron chi connectivity index (χ3n) is 4.72. The highest BCUT2D eigenvalue weighted by molar-refractivity contribution is 8.00. The molecular formula is C17H18N6O7S2. The lowest BCUT2D eigenvalue weighted by Crippen LogP contribution is -2.71. The van der Waals surface area contributed by atoms with E-state index in [1.807, 2.05) is 0 Å². The van der Waals surface area contributed by atoms with Gasteiger partial charge in [0, 0.05) is 16.7 Å². The van der Waals surface area contributed by atoms with Crippen molar-refractivity contribution < 1.29 is 33.9 Å². The molecule has 3 aliphatic rings. The number of thioether (sulfide) groups is 1.